The van der Waals surface area contributed by atoms with E-state index < -0.39 is 0 Å². The number of nitrogens with one attached hydrogen (secondary N) is 2. The molecule has 184 valence electrons. The Balaban J connectivity index is 1.51. The van der Waals surface area contributed by atoms with Crippen molar-refractivity contribution in [1.29, 1.82) is 0 Å². The zero-order valence-corrected chi connectivity index (χ0v) is 21.4. The van der Waals surface area contributed by atoms with Crippen LogP contribution >= 0.6 is 35.0 Å². The first-order valence-corrected chi connectivity index (χ1v) is 12.5. The third-order valence-electron chi connectivity index (χ3n) is 5.01. The van der Waals surface area contributed by atoms with Crippen LogP contribution in [-0.2, 0) is 11.3 Å². The van der Waals surface area contributed by atoms with Crippen molar-refractivity contribution < 1.29 is 14.3 Å². The minimum atomic E-state index is -0.243. The normalized spacial score (nSPS) is 10.6. The summed E-state index contributed by atoms with van der Waals surface area (Å²) in [4.78, 5) is 25.1. The van der Waals surface area contributed by atoms with Gasteiger partial charge < -0.3 is 15.4 Å². The fourth-order valence-corrected chi connectivity index (χ4v) is 4.31. The van der Waals surface area contributed by atoms with Crippen LogP contribution in [0.2, 0.25) is 10.0 Å². The maximum Gasteiger partial charge on any atom is 0.251 e. The number of carbonyl (C=O) groups excluding carboxylic acids is 2. The topological polar surface area (TPSA) is 98.1 Å². The lowest BCUT2D eigenvalue weighted by molar-refractivity contribution is -0.113. The summed E-state index contributed by atoms with van der Waals surface area (Å²) in [5.74, 6) is 0.793. The van der Waals surface area contributed by atoms with E-state index in [1.807, 2.05) is 6.07 Å². The standard InChI is InChI=1S/C25H21Cl2N5O3S/c1-35-19-10-7-17(8-11-19)29-23(33)15-36-25-31-30-22(14-28-24(34)16-5-3-2-4-6-16)32(25)18-9-12-20(26)21(27)13-18/h2-13H,14-15H2,1H3,(H,28,34)(H,29,33). The fraction of sp³-hybridized carbons (Fsp3) is 0.120. The van der Waals surface area contributed by atoms with E-state index in [1.54, 1.807) is 78.4 Å². The van der Waals surface area contributed by atoms with Crippen molar-refractivity contribution in [2.24, 2.45) is 0 Å². The van der Waals surface area contributed by atoms with E-state index in [4.69, 9.17) is 27.9 Å². The number of thioether (sulfide) groups is 1. The summed E-state index contributed by atoms with van der Waals surface area (Å²) in [5.41, 5.74) is 1.83. The molecule has 36 heavy (non-hydrogen) atoms. The van der Waals surface area contributed by atoms with Gasteiger partial charge in [-0.1, -0.05) is 53.2 Å². The number of aromatic nitrogens is 3. The van der Waals surface area contributed by atoms with Gasteiger partial charge in [-0.15, -0.1) is 10.2 Å². The second kappa shape index (κ2) is 11.9. The molecule has 1 aromatic heterocycles. The summed E-state index contributed by atoms with van der Waals surface area (Å²) in [6.07, 6.45) is 0. The van der Waals surface area contributed by atoms with Gasteiger partial charge in [-0.05, 0) is 54.6 Å². The van der Waals surface area contributed by atoms with Gasteiger partial charge in [0.15, 0.2) is 11.0 Å². The lowest BCUT2D eigenvalue weighted by Crippen LogP contribution is -2.24. The smallest absolute Gasteiger partial charge is 0.251 e. The Hall–Kier alpha value is -3.53. The summed E-state index contributed by atoms with van der Waals surface area (Å²) in [6, 6.07) is 21.0. The van der Waals surface area contributed by atoms with Crippen molar-refractivity contribution in [3.8, 4) is 11.4 Å². The number of amides is 2. The summed E-state index contributed by atoms with van der Waals surface area (Å²) < 4.78 is 6.87. The molecule has 0 saturated heterocycles. The van der Waals surface area contributed by atoms with Gasteiger partial charge in [0.2, 0.25) is 5.91 Å². The molecule has 1 heterocycles. The van der Waals surface area contributed by atoms with Crippen molar-refractivity contribution >= 4 is 52.5 Å². The predicted molar refractivity (Wildman–Crippen MR) is 141 cm³/mol. The Kier molecular flexibility index (Phi) is 8.48. The Bertz CT molecular complexity index is 1360. The van der Waals surface area contributed by atoms with Crippen LogP contribution < -0.4 is 15.4 Å². The highest BCUT2D eigenvalue weighted by Crippen LogP contribution is 2.28. The highest BCUT2D eigenvalue weighted by molar-refractivity contribution is 7.99. The first-order valence-electron chi connectivity index (χ1n) is 10.7. The molecule has 0 bridgehead atoms. The van der Waals surface area contributed by atoms with Crippen molar-refractivity contribution in [3.05, 3.63) is 94.2 Å². The number of ether oxygens (including phenoxy) is 1. The molecule has 0 saturated carbocycles. The third-order valence-corrected chi connectivity index (χ3v) is 6.68. The number of anilines is 1. The number of rotatable bonds is 9. The first-order chi connectivity index (χ1) is 17.4. The van der Waals surface area contributed by atoms with E-state index in [1.165, 1.54) is 11.8 Å². The molecule has 2 N–H and O–H groups in total. The lowest BCUT2D eigenvalue weighted by Gasteiger charge is -2.12. The monoisotopic (exact) mass is 541 g/mol. The van der Waals surface area contributed by atoms with Crippen molar-refractivity contribution in [2.45, 2.75) is 11.7 Å². The van der Waals surface area contributed by atoms with Crippen molar-refractivity contribution in [1.82, 2.24) is 20.1 Å². The van der Waals surface area contributed by atoms with E-state index in [0.717, 1.165) is 0 Å². The molecule has 11 heteroatoms. The molecule has 0 radical (unpaired) electrons. The molecule has 0 aliphatic carbocycles. The number of hydrogen-bond acceptors (Lipinski definition) is 6. The van der Waals surface area contributed by atoms with Crippen LogP contribution in [0.4, 0.5) is 5.69 Å². The Morgan fingerprint density at radius 1 is 0.972 bits per heavy atom. The molecule has 0 unspecified atom stereocenters. The van der Waals surface area contributed by atoms with Gasteiger partial charge in [0.1, 0.15) is 5.75 Å². The summed E-state index contributed by atoms with van der Waals surface area (Å²) in [5, 5.41) is 15.4. The number of hydrogen-bond donors (Lipinski definition) is 2. The minimum Gasteiger partial charge on any atom is -0.497 e. The molecule has 0 spiro atoms. The summed E-state index contributed by atoms with van der Waals surface area (Å²) in [6.45, 7) is 0.111. The second-order valence-corrected chi connectivity index (χ2v) is 9.20. The van der Waals surface area contributed by atoms with Gasteiger partial charge in [0.05, 0.1) is 35.1 Å². The Morgan fingerprint density at radius 2 is 1.72 bits per heavy atom. The van der Waals surface area contributed by atoms with Gasteiger partial charge in [0.25, 0.3) is 5.91 Å². The van der Waals surface area contributed by atoms with Gasteiger partial charge in [0, 0.05) is 11.3 Å². The molecule has 0 aliphatic heterocycles. The largest absolute Gasteiger partial charge is 0.497 e. The van der Waals surface area contributed by atoms with E-state index in [-0.39, 0.29) is 24.1 Å². The zero-order chi connectivity index (χ0) is 25.5. The average molecular weight is 542 g/mol. The van der Waals surface area contributed by atoms with Crippen LogP contribution in [0.5, 0.6) is 5.75 Å². The second-order valence-electron chi connectivity index (χ2n) is 7.45. The van der Waals surface area contributed by atoms with Gasteiger partial charge in [-0.25, -0.2) is 0 Å². The van der Waals surface area contributed by atoms with E-state index in [9.17, 15) is 9.59 Å². The van der Waals surface area contributed by atoms with Crippen molar-refractivity contribution in [3.63, 3.8) is 0 Å². The van der Waals surface area contributed by atoms with Crippen molar-refractivity contribution in [2.75, 3.05) is 18.2 Å². The Morgan fingerprint density at radius 3 is 2.42 bits per heavy atom. The quantitative estimate of drug-likeness (QED) is 0.281. The maximum atomic E-state index is 12.5. The SMILES string of the molecule is COc1ccc(NC(=O)CSc2nnc(CNC(=O)c3ccccc3)n2-c2ccc(Cl)c(Cl)c2)cc1. The molecule has 3 aromatic carbocycles. The van der Waals surface area contributed by atoms with Crippen LogP contribution in [0.1, 0.15) is 16.2 Å². The number of nitrogens with zero attached hydrogens (tertiary/aromatic N) is 3. The number of halogens is 2. The van der Waals surface area contributed by atoms with Gasteiger partial charge in [-0.2, -0.15) is 0 Å². The molecular weight excluding hydrogens is 521 g/mol. The highest BCUT2D eigenvalue weighted by atomic mass is 35.5. The molecule has 0 fully saturated rings. The fourth-order valence-electron chi connectivity index (χ4n) is 3.24. The maximum absolute atomic E-state index is 12.5. The molecule has 0 aliphatic rings. The summed E-state index contributed by atoms with van der Waals surface area (Å²) >= 11 is 13.5. The van der Waals surface area contributed by atoms with E-state index >= 15 is 0 Å². The van der Waals surface area contributed by atoms with Crippen LogP contribution in [0.3, 0.4) is 0 Å². The zero-order valence-electron chi connectivity index (χ0n) is 19.1. The van der Waals surface area contributed by atoms with E-state index in [0.29, 0.717) is 43.7 Å². The third kappa shape index (κ3) is 6.37. The number of carbonyl (C=O) groups is 2. The molecule has 4 aromatic rings. The van der Waals surface area contributed by atoms with Crippen LogP contribution in [0, 0.1) is 0 Å². The average Bonchev–Trinajstić information content (AvgIpc) is 3.31. The first kappa shape index (κ1) is 25.6. The van der Waals surface area contributed by atoms with Gasteiger partial charge >= 0.3 is 0 Å². The number of methoxy groups -OCH3 is 1. The van der Waals surface area contributed by atoms with E-state index in [2.05, 4.69) is 20.8 Å². The molecule has 8 nitrogen and oxygen atoms in total. The van der Waals surface area contributed by atoms with Crippen LogP contribution in [0.25, 0.3) is 5.69 Å². The molecule has 2 amide bonds. The van der Waals surface area contributed by atoms with Crippen LogP contribution in [0.15, 0.2) is 78.0 Å². The van der Waals surface area contributed by atoms with Gasteiger partial charge in [-0.3, -0.25) is 14.2 Å². The highest BCUT2D eigenvalue weighted by Gasteiger charge is 2.18. The molecule has 0 atom stereocenters. The molecular formula is C25H21Cl2N5O3S. The summed E-state index contributed by atoms with van der Waals surface area (Å²) in [7, 11) is 1.58. The predicted octanol–water partition coefficient (Wildman–Crippen LogP) is 5.24. The van der Waals surface area contributed by atoms with Crippen LogP contribution in [-0.4, -0.2) is 39.4 Å². The lowest BCUT2D eigenvalue weighted by atomic mass is 10.2. The minimum absolute atomic E-state index is 0.0852. The molecule has 4 rings (SSSR count). The number of benzene rings is 3. The Labute approximate surface area is 222 Å².